The molecule has 0 fully saturated rings. The highest BCUT2D eigenvalue weighted by molar-refractivity contribution is 4.93. The lowest BCUT2D eigenvalue weighted by atomic mass is 10.3. The van der Waals surface area contributed by atoms with E-state index in [1.54, 1.807) is 12.3 Å². The second-order valence-corrected chi connectivity index (χ2v) is 1.19. The molecular weight excluding hydrogens is 80.0 g/mol. The first-order valence-corrected chi connectivity index (χ1v) is 1.86. The maximum Gasteiger partial charge on any atom is 0.142 e. The zero-order valence-electron chi connectivity index (χ0n) is 3.29. The van der Waals surface area contributed by atoms with Gasteiger partial charge in [-0.05, 0) is 6.08 Å². The number of hydrogen-bond donors (Lipinski definition) is 1. The van der Waals surface area contributed by atoms with Gasteiger partial charge in [0, 0.05) is 0 Å². The van der Waals surface area contributed by atoms with Crippen molar-refractivity contribution in [3.05, 3.63) is 12.3 Å². The van der Waals surface area contributed by atoms with Crippen molar-refractivity contribution >= 4 is 0 Å². The van der Waals surface area contributed by atoms with Crippen molar-refractivity contribution in [2.75, 3.05) is 6.61 Å². The molecule has 6 heavy (non-hydrogen) atoms. The normalized spacial score (nSPS) is 28.5. The zero-order chi connectivity index (χ0) is 4.41. The summed E-state index contributed by atoms with van der Waals surface area (Å²) in [6.07, 6.45) is 3.37. The summed E-state index contributed by atoms with van der Waals surface area (Å²) in [6, 6.07) is 0. The van der Waals surface area contributed by atoms with Gasteiger partial charge in [0.1, 0.15) is 6.10 Å². The van der Waals surface area contributed by atoms with E-state index in [0.29, 0.717) is 0 Å². The highest BCUT2D eigenvalue weighted by Crippen LogP contribution is 2.02. The van der Waals surface area contributed by atoms with Crippen molar-refractivity contribution in [3.63, 3.8) is 0 Å². The molecule has 0 saturated heterocycles. The second-order valence-electron chi connectivity index (χ2n) is 1.19. The smallest absolute Gasteiger partial charge is 0.142 e. The molecule has 1 aliphatic rings. The molecule has 2 heteroatoms. The molecule has 1 atom stereocenters. The van der Waals surface area contributed by atoms with Gasteiger partial charge in [-0.2, -0.15) is 0 Å². The van der Waals surface area contributed by atoms with Crippen LogP contribution in [-0.2, 0) is 4.74 Å². The van der Waals surface area contributed by atoms with Gasteiger partial charge >= 0.3 is 0 Å². The van der Waals surface area contributed by atoms with Gasteiger partial charge in [-0.25, -0.2) is 0 Å². The molecule has 0 spiro atoms. The maximum atomic E-state index is 8.21. The number of aliphatic hydroxyl groups is 1. The highest BCUT2D eigenvalue weighted by Gasteiger charge is 2.06. The van der Waals surface area contributed by atoms with Gasteiger partial charge < -0.3 is 9.84 Å². The summed E-state index contributed by atoms with van der Waals surface area (Å²) in [5, 5.41) is 8.21. The Morgan fingerprint density at radius 3 is 2.50 bits per heavy atom. The Balaban J connectivity index is 2.21. The summed E-state index contributed by atoms with van der Waals surface area (Å²) < 4.78 is 4.65. The molecule has 2 nitrogen and oxygen atoms in total. The quantitative estimate of drug-likeness (QED) is 0.482. The topological polar surface area (TPSA) is 29.5 Å². The van der Waals surface area contributed by atoms with Crippen LogP contribution in [0.15, 0.2) is 12.3 Å². The minimum atomic E-state index is -0.00926. The van der Waals surface area contributed by atoms with Gasteiger partial charge in [-0.15, -0.1) is 0 Å². The molecular formula is C4H6O2. The Bertz CT molecular complexity index is 67.9. The molecule has 0 saturated carbocycles. The molecule has 0 aromatic carbocycles. The van der Waals surface area contributed by atoms with E-state index >= 15 is 0 Å². The molecule has 1 rings (SSSR count). The molecule has 1 unspecified atom stereocenters. The van der Waals surface area contributed by atoms with Crippen LogP contribution in [0.1, 0.15) is 0 Å². The first kappa shape index (κ1) is 3.68. The van der Waals surface area contributed by atoms with Gasteiger partial charge in [0.25, 0.3) is 0 Å². The summed E-state index contributed by atoms with van der Waals surface area (Å²) in [4.78, 5) is 0. The second kappa shape index (κ2) is 1.30. The number of aliphatic hydroxyl groups excluding tert-OH is 1. The molecule has 0 aromatic rings. The van der Waals surface area contributed by atoms with E-state index in [1.807, 2.05) is 0 Å². The molecule has 0 amide bonds. The third-order valence-electron chi connectivity index (χ3n) is 0.727. The van der Waals surface area contributed by atoms with Crippen molar-refractivity contribution < 1.29 is 9.84 Å². The minimum Gasteiger partial charge on any atom is -0.492 e. The van der Waals surface area contributed by atoms with E-state index in [4.69, 9.17) is 5.11 Å². The highest BCUT2D eigenvalue weighted by atomic mass is 16.5. The van der Waals surface area contributed by atoms with Crippen LogP contribution < -0.4 is 0 Å². The third-order valence-corrected chi connectivity index (χ3v) is 0.727. The van der Waals surface area contributed by atoms with Crippen LogP contribution in [0.5, 0.6) is 0 Å². The standard InChI is InChI=1S/C4H6O2/c5-3-4-1-2-6-4/h1-2,4-5H,3H2. The van der Waals surface area contributed by atoms with E-state index in [2.05, 4.69) is 4.74 Å². The lowest BCUT2D eigenvalue weighted by molar-refractivity contribution is 0.0774. The number of ether oxygens (including phenoxy) is 1. The third kappa shape index (κ3) is 0.389. The first-order valence-electron chi connectivity index (χ1n) is 1.86. The number of rotatable bonds is 1. The summed E-state index contributed by atoms with van der Waals surface area (Å²) in [5.74, 6) is 0. The summed E-state index contributed by atoms with van der Waals surface area (Å²) in [7, 11) is 0. The first-order chi connectivity index (χ1) is 2.93. The molecule has 0 aliphatic carbocycles. The van der Waals surface area contributed by atoms with Crippen molar-refractivity contribution in [2.24, 2.45) is 0 Å². The van der Waals surface area contributed by atoms with Crippen LogP contribution in [0.4, 0.5) is 0 Å². The lowest BCUT2D eigenvalue weighted by Crippen LogP contribution is -2.17. The Morgan fingerprint density at radius 2 is 2.50 bits per heavy atom. The average molecular weight is 86.1 g/mol. The van der Waals surface area contributed by atoms with Crippen LogP contribution in [0.3, 0.4) is 0 Å². The van der Waals surface area contributed by atoms with Gasteiger partial charge in [0.15, 0.2) is 0 Å². The van der Waals surface area contributed by atoms with Gasteiger partial charge in [-0.1, -0.05) is 0 Å². The number of hydrogen-bond acceptors (Lipinski definition) is 2. The van der Waals surface area contributed by atoms with E-state index in [1.165, 1.54) is 0 Å². The van der Waals surface area contributed by atoms with E-state index < -0.39 is 0 Å². The fraction of sp³-hybridized carbons (Fsp3) is 0.500. The fourth-order valence-corrected chi connectivity index (χ4v) is 0.294. The summed E-state index contributed by atoms with van der Waals surface area (Å²) in [6.45, 7) is 0.108. The summed E-state index contributed by atoms with van der Waals surface area (Å²) in [5.41, 5.74) is 0. The van der Waals surface area contributed by atoms with E-state index in [0.717, 1.165) is 0 Å². The fourth-order valence-electron chi connectivity index (χ4n) is 0.294. The van der Waals surface area contributed by atoms with Crippen LogP contribution >= 0.6 is 0 Å². The SMILES string of the molecule is OCC1C=CO1. The van der Waals surface area contributed by atoms with Crippen molar-refractivity contribution in [2.45, 2.75) is 6.10 Å². The average Bonchev–Trinajstić information content (AvgIpc) is 1.31. The van der Waals surface area contributed by atoms with Crippen LogP contribution in [-0.4, -0.2) is 17.8 Å². The van der Waals surface area contributed by atoms with E-state index in [9.17, 15) is 0 Å². The Hall–Kier alpha value is -0.500. The lowest BCUT2D eigenvalue weighted by Gasteiger charge is -2.15. The van der Waals surface area contributed by atoms with Crippen molar-refractivity contribution in [1.82, 2.24) is 0 Å². The zero-order valence-corrected chi connectivity index (χ0v) is 3.29. The molecule has 34 valence electrons. The molecule has 1 aliphatic heterocycles. The Kier molecular flexibility index (Phi) is 0.801. The largest absolute Gasteiger partial charge is 0.492 e. The monoisotopic (exact) mass is 86.0 g/mol. The van der Waals surface area contributed by atoms with Gasteiger partial charge in [0.2, 0.25) is 0 Å². The molecule has 1 N–H and O–H groups in total. The summed E-state index contributed by atoms with van der Waals surface area (Å²) >= 11 is 0. The predicted octanol–water partition coefficient (Wildman–Crippen LogP) is -0.109. The molecule has 0 radical (unpaired) electrons. The maximum absolute atomic E-state index is 8.21. The van der Waals surface area contributed by atoms with E-state index in [-0.39, 0.29) is 12.7 Å². The van der Waals surface area contributed by atoms with Crippen LogP contribution in [0.25, 0.3) is 0 Å². The molecule has 0 aromatic heterocycles. The Labute approximate surface area is 36.0 Å². The molecule has 0 bridgehead atoms. The van der Waals surface area contributed by atoms with Crippen molar-refractivity contribution in [1.29, 1.82) is 0 Å². The minimum absolute atomic E-state index is 0.00926. The molecule has 1 heterocycles. The van der Waals surface area contributed by atoms with Crippen LogP contribution in [0, 0.1) is 0 Å². The van der Waals surface area contributed by atoms with Crippen LogP contribution in [0.2, 0.25) is 0 Å². The predicted molar refractivity (Wildman–Crippen MR) is 21.1 cm³/mol. The van der Waals surface area contributed by atoms with Gasteiger partial charge in [0.05, 0.1) is 12.9 Å². The van der Waals surface area contributed by atoms with Crippen molar-refractivity contribution in [3.8, 4) is 0 Å². The van der Waals surface area contributed by atoms with Gasteiger partial charge in [-0.3, -0.25) is 0 Å². The Morgan fingerprint density at radius 1 is 1.83 bits per heavy atom.